The van der Waals surface area contributed by atoms with E-state index in [9.17, 15) is 4.79 Å². The summed E-state index contributed by atoms with van der Waals surface area (Å²) in [5.41, 5.74) is 3.31. The smallest absolute Gasteiger partial charge is 0.273 e. The fourth-order valence-electron chi connectivity index (χ4n) is 3.18. The molecule has 1 aromatic carbocycles. The van der Waals surface area contributed by atoms with Crippen LogP contribution in [0.5, 0.6) is 0 Å². The van der Waals surface area contributed by atoms with Gasteiger partial charge in [-0.1, -0.05) is 17.8 Å². The van der Waals surface area contributed by atoms with Gasteiger partial charge in [-0.25, -0.2) is 9.97 Å². The lowest BCUT2D eigenvalue weighted by atomic mass is 10.2. The Balaban J connectivity index is 1.40. The fourth-order valence-corrected chi connectivity index (χ4v) is 4.81. The molecule has 2 atom stereocenters. The van der Waals surface area contributed by atoms with Gasteiger partial charge in [0.1, 0.15) is 16.2 Å². The Labute approximate surface area is 165 Å². The molecule has 3 aromatic rings. The topological polar surface area (TPSA) is 68.5 Å². The number of hydrogen-bond acceptors (Lipinski definition) is 7. The average Bonchev–Trinajstić information content (AvgIpc) is 3.24. The van der Waals surface area contributed by atoms with E-state index in [1.54, 1.807) is 0 Å². The van der Waals surface area contributed by atoms with Crippen molar-refractivity contribution in [2.75, 3.05) is 13.1 Å². The van der Waals surface area contributed by atoms with Crippen LogP contribution in [0.4, 0.5) is 0 Å². The van der Waals surface area contributed by atoms with E-state index < -0.39 is 0 Å². The zero-order chi connectivity index (χ0) is 19.0. The summed E-state index contributed by atoms with van der Waals surface area (Å²) in [5.74, 6) is 0.599. The van der Waals surface area contributed by atoms with Gasteiger partial charge in [-0.2, -0.15) is 0 Å². The van der Waals surface area contributed by atoms with Crippen molar-refractivity contribution in [1.82, 2.24) is 14.9 Å². The summed E-state index contributed by atoms with van der Waals surface area (Å²) in [6.45, 7) is 7.22. The van der Waals surface area contributed by atoms with Gasteiger partial charge in [0, 0.05) is 18.5 Å². The van der Waals surface area contributed by atoms with Gasteiger partial charge in [0.15, 0.2) is 5.58 Å². The lowest BCUT2D eigenvalue weighted by Crippen LogP contribution is -2.48. The van der Waals surface area contributed by atoms with Gasteiger partial charge in [0.05, 0.1) is 18.0 Å². The van der Waals surface area contributed by atoms with Gasteiger partial charge in [-0.3, -0.25) is 4.79 Å². The molecule has 1 aliphatic heterocycles. The van der Waals surface area contributed by atoms with Crippen molar-refractivity contribution in [3.05, 3.63) is 39.8 Å². The molecule has 1 fully saturated rings. The van der Waals surface area contributed by atoms with Gasteiger partial charge in [0.25, 0.3) is 11.1 Å². The highest BCUT2D eigenvalue weighted by molar-refractivity contribution is 7.98. The quantitative estimate of drug-likeness (QED) is 0.610. The number of aryl methyl sites for hydroxylation is 1. The molecule has 1 saturated heterocycles. The maximum absolute atomic E-state index is 12.7. The molecule has 142 valence electrons. The summed E-state index contributed by atoms with van der Waals surface area (Å²) in [7, 11) is 0. The molecule has 2 aromatic heterocycles. The number of rotatable bonds is 4. The summed E-state index contributed by atoms with van der Waals surface area (Å²) in [6.07, 6.45) is 0.100. The second kappa shape index (κ2) is 7.61. The van der Waals surface area contributed by atoms with Gasteiger partial charge < -0.3 is 14.1 Å². The van der Waals surface area contributed by atoms with Crippen LogP contribution in [0.2, 0.25) is 0 Å². The van der Waals surface area contributed by atoms with Crippen LogP contribution < -0.4 is 0 Å². The number of benzene rings is 1. The maximum Gasteiger partial charge on any atom is 0.273 e. The number of aromatic nitrogens is 2. The van der Waals surface area contributed by atoms with E-state index in [-0.39, 0.29) is 18.1 Å². The Morgan fingerprint density at radius 1 is 1.30 bits per heavy atom. The number of morpholine rings is 1. The van der Waals surface area contributed by atoms with Crippen LogP contribution >= 0.6 is 23.1 Å². The third kappa shape index (κ3) is 4.17. The third-order valence-electron chi connectivity index (χ3n) is 4.32. The standard InChI is InChI=1S/C19H21N3O3S2/c1-11-4-5-16-14(6-11)21-19(25-16)27-10-17-20-15(9-26-17)18(23)22-7-12(2)24-13(3)8-22/h4-6,9,12-13H,7-8,10H2,1-3H3/t12-,13-/m0/s1. The molecule has 0 bridgehead atoms. The van der Waals surface area contributed by atoms with Crippen molar-refractivity contribution in [3.63, 3.8) is 0 Å². The van der Waals surface area contributed by atoms with E-state index in [4.69, 9.17) is 9.15 Å². The Bertz CT molecular complexity index is 958. The van der Waals surface area contributed by atoms with Crippen molar-refractivity contribution in [2.45, 2.75) is 44.0 Å². The van der Waals surface area contributed by atoms with E-state index in [0.717, 1.165) is 21.7 Å². The number of fused-ring (bicyclic) bond motifs is 1. The Hall–Kier alpha value is -1.90. The highest BCUT2D eigenvalue weighted by Gasteiger charge is 2.27. The van der Waals surface area contributed by atoms with Gasteiger partial charge in [-0.05, 0) is 38.5 Å². The number of oxazole rings is 1. The van der Waals surface area contributed by atoms with Crippen LogP contribution in [0.3, 0.4) is 0 Å². The van der Waals surface area contributed by atoms with Gasteiger partial charge >= 0.3 is 0 Å². The molecule has 0 aliphatic carbocycles. The summed E-state index contributed by atoms with van der Waals surface area (Å²) in [5, 5.41) is 3.34. The van der Waals surface area contributed by atoms with E-state index in [0.29, 0.717) is 29.8 Å². The number of amides is 1. The zero-order valence-electron chi connectivity index (χ0n) is 15.5. The SMILES string of the molecule is Cc1ccc2oc(SCc3nc(C(=O)N4C[C@H](C)O[C@@H](C)C4)cs3)nc2c1. The van der Waals surface area contributed by atoms with Crippen LogP contribution in [0.1, 0.15) is 34.9 Å². The van der Waals surface area contributed by atoms with Crippen molar-refractivity contribution < 1.29 is 13.9 Å². The lowest BCUT2D eigenvalue weighted by Gasteiger charge is -2.34. The first kappa shape index (κ1) is 18.5. The first-order valence-corrected chi connectivity index (χ1v) is 10.7. The summed E-state index contributed by atoms with van der Waals surface area (Å²) in [4.78, 5) is 23.6. The minimum Gasteiger partial charge on any atom is -0.431 e. The predicted molar refractivity (Wildman–Crippen MR) is 106 cm³/mol. The van der Waals surface area contributed by atoms with Gasteiger partial charge in [-0.15, -0.1) is 11.3 Å². The molecule has 1 amide bonds. The van der Waals surface area contributed by atoms with E-state index in [1.807, 2.05) is 49.3 Å². The van der Waals surface area contributed by atoms with E-state index >= 15 is 0 Å². The molecular formula is C19H21N3O3S2. The zero-order valence-corrected chi connectivity index (χ0v) is 17.1. The maximum atomic E-state index is 12.7. The Morgan fingerprint density at radius 2 is 2.07 bits per heavy atom. The number of carbonyl (C=O) groups is 1. The second-order valence-electron chi connectivity index (χ2n) is 6.83. The molecule has 6 nitrogen and oxygen atoms in total. The van der Waals surface area contributed by atoms with Crippen LogP contribution in [-0.2, 0) is 10.5 Å². The molecule has 0 unspecified atom stereocenters. The first-order chi connectivity index (χ1) is 13.0. The highest BCUT2D eigenvalue weighted by Crippen LogP contribution is 2.28. The molecule has 0 saturated carbocycles. The number of ether oxygens (including phenoxy) is 1. The number of thioether (sulfide) groups is 1. The predicted octanol–water partition coefficient (Wildman–Crippen LogP) is 4.13. The normalized spacial score (nSPS) is 20.3. The monoisotopic (exact) mass is 403 g/mol. The summed E-state index contributed by atoms with van der Waals surface area (Å²) < 4.78 is 11.5. The molecule has 0 N–H and O–H groups in total. The number of thiazole rings is 1. The molecule has 27 heavy (non-hydrogen) atoms. The van der Waals surface area contributed by atoms with Crippen LogP contribution in [0, 0.1) is 6.92 Å². The lowest BCUT2D eigenvalue weighted by molar-refractivity contribution is -0.0587. The third-order valence-corrected chi connectivity index (χ3v) is 6.19. The Kier molecular flexibility index (Phi) is 5.21. The van der Waals surface area contributed by atoms with Crippen molar-refractivity contribution in [3.8, 4) is 0 Å². The average molecular weight is 404 g/mol. The van der Waals surface area contributed by atoms with E-state index in [1.165, 1.54) is 23.1 Å². The number of carbonyl (C=O) groups excluding carboxylic acids is 1. The number of hydrogen-bond donors (Lipinski definition) is 0. The van der Waals surface area contributed by atoms with Crippen molar-refractivity contribution >= 4 is 40.1 Å². The first-order valence-electron chi connectivity index (χ1n) is 8.87. The fraction of sp³-hybridized carbons (Fsp3) is 0.421. The largest absolute Gasteiger partial charge is 0.431 e. The summed E-state index contributed by atoms with van der Waals surface area (Å²) >= 11 is 2.98. The molecule has 3 heterocycles. The van der Waals surface area contributed by atoms with Crippen LogP contribution in [0.15, 0.2) is 33.2 Å². The van der Waals surface area contributed by atoms with Crippen molar-refractivity contribution in [1.29, 1.82) is 0 Å². The Morgan fingerprint density at radius 3 is 2.85 bits per heavy atom. The molecular weight excluding hydrogens is 382 g/mol. The molecule has 1 aliphatic rings. The van der Waals surface area contributed by atoms with E-state index in [2.05, 4.69) is 9.97 Å². The summed E-state index contributed by atoms with van der Waals surface area (Å²) in [6, 6.07) is 5.95. The van der Waals surface area contributed by atoms with Crippen LogP contribution in [-0.4, -0.2) is 46.1 Å². The minimum atomic E-state index is -0.0261. The highest BCUT2D eigenvalue weighted by atomic mass is 32.2. The molecule has 0 spiro atoms. The molecule has 4 rings (SSSR count). The minimum absolute atomic E-state index is 0.0261. The van der Waals surface area contributed by atoms with Crippen LogP contribution in [0.25, 0.3) is 11.1 Å². The van der Waals surface area contributed by atoms with Gasteiger partial charge in [0.2, 0.25) is 0 Å². The molecule has 8 heteroatoms. The second-order valence-corrected chi connectivity index (χ2v) is 8.70. The van der Waals surface area contributed by atoms with Crippen molar-refractivity contribution in [2.24, 2.45) is 0 Å². The number of nitrogens with zero attached hydrogens (tertiary/aromatic N) is 3. The molecule has 0 radical (unpaired) electrons.